The summed E-state index contributed by atoms with van der Waals surface area (Å²) in [5.74, 6) is 0.173. The van der Waals surface area contributed by atoms with E-state index in [0.717, 1.165) is 0 Å². The van der Waals surface area contributed by atoms with Crippen LogP contribution in [0, 0.1) is 0 Å². The van der Waals surface area contributed by atoms with E-state index in [-0.39, 0.29) is 29.7 Å². The fourth-order valence-corrected chi connectivity index (χ4v) is 1.56. The summed E-state index contributed by atoms with van der Waals surface area (Å²) in [5.41, 5.74) is 4.94. The van der Waals surface area contributed by atoms with Crippen LogP contribution in [0.5, 0.6) is 0 Å². The monoisotopic (exact) mass is 255 g/mol. The third-order valence-electron chi connectivity index (χ3n) is 2.50. The predicted molar refractivity (Wildman–Crippen MR) is 64.0 cm³/mol. The average molecular weight is 255 g/mol. The lowest BCUT2D eigenvalue weighted by Crippen LogP contribution is -2.41. The molecular weight excluding hydrogens is 242 g/mol. The molecule has 18 heavy (non-hydrogen) atoms. The van der Waals surface area contributed by atoms with E-state index < -0.39 is 24.4 Å². The van der Waals surface area contributed by atoms with Gasteiger partial charge in [0.1, 0.15) is 12.2 Å². The van der Waals surface area contributed by atoms with Crippen molar-refractivity contribution >= 4 is 23.2 Å². The molecule has 0 spiro atoms. The standard InChI is InChI=1S/C9H13N5O4/c10-9-13-7-5(8(18)14-9)12-3(1-11-7)6(17)4(16)2-15/h4,6,15-17H,1-2H2,(H4,10,11,13,14,18). The largest absolute Gasteiger partial charge is 0.394 e. The normalized spacial score (nSPS) is 17.4. The maximum Gasteiger partial charge on any atom is 0.280 e. The molecule has 0 fully saturated rings. The fourth-order valence-electron chi connectivity index (χ4n) is 1.56. The number of nitrogens with one attached hydrogen (secondary N) is 2. The topological polar surface area (TPSA) is 157 Å². The number of aliphatic imine (C=N–C) groups is 1. The molecule has 1 aromatic rings. The summed E-state index contributed by atoms with van der Waals surface area (Å²) in [7, 11) is 0. The number of nitrogen functional groups attached to an aromatic ring is 1. The number of nitrogens with two attached hydrogens (primary N) is 1. The van der Waals surface area contributed by atoms with E-state index in [1.54, 1.807) is 0 Å². The Morgan fingerprint density at radius 1 is 1.44 bits per heavy atom. The number of aromatic amines is 1. The smallest absolute Gasteiger partial charge is 0.280 e. The molecule has 0 bridgehead atoms. The zero-order valence-electron chi connectivity index (χ0n) is 9.29. The lowest BCUT2D eigenvalue weighted by molar-refractivity contribution is 0.0180. The van der Waals surface area contributed by atoms with Crippen LogP contribution >= 0.6 is 0 Å². The van der Waals surface area contributed by atoms with Crippen molar-refractivity contribution < 1.29 is 15.3 Å². The van der Waals surface area contributed by atoms with Gasteiger partial charge in [-0.2, -0.15) is 4.98 Å². The van der Waals surface area contributed by atoms with E-state index in [9.17, 15) is 15.0 Å². The van der Waals surface area contributed by atoms with Gasteiger partial charge in [-0.3, -0.25) is 9.78 Å². The summed E-state index contributed by atoms with van der Waals surface area (Å²) in [5, 5.41) is 30.5. The molecule has 2 rings (SSSR count). The highest BCUT2D eigenvalue weighted by Crippen LogP contribution is 2.22. The van der Waals surface area contributed by atoms with E-state index in [2.05, 4.69) is 20.3 Å². The molecule has 1 aliphatic heterocycles. The zero-order valence-corrected chi connectivity index (χ0v) is 9.29. The van der Waals surface area contributed by atoms with Crippen molar-refractivity contribution in [2.45, 2.75) is 12.2 Å². The number of H-pyrrole nitrogens is 1. The molecule has 7 N–H and O–H groups in total. The second-order valence-corrected chi connectivity index (χ2v) is 3.80. The summed E-state index contributed by atoms with van der Waals surface area (Å²) in [4.78, 5) is 21.6. The second-order valence-electron chi connectivity index (χ2n) is 3.80. The Morgan fingerprint density at radius 2 is 2.17 bits per heavy atom. The molecule has 1 aliphatic rings. The van der Waals surface area contributed by atoms with Crippen LogP contribution < -0.4 is 16.6 Å². The summed E-state index contributed by atoms with van der Waals surface area (Å²) in [6, 6.07) is 0. The van der Waals surface area contributed by atoms with Gasteiger partial charge in [0.25, 0.3) is 5.56 Å². The number of fused-ring (bicyclic) bond motifs is 1. The highest BCUT2D eigenvalue weighted by molar-refractivity contribution is 5.97. The zero-order chi connectivity index (χ0) is 13.3. The Labute approximate surface area is 101 Å². The van der Waals surface area contributed by atoms with Gasteiger partial charge in [-0.25, -0.2) is 4.99 Å². The van der Waals surface area contributed by atoms with E-state index in [1.807, 2.05) is 0 Å². The van der Waals surface area contributed by atoms with Crippen molar-refractivity contribution in [3.63, 3.8) is 0 Å². The highest BCUT2D eigenvalue weighted by atomic mass is 16.4. The Hall–Kier alpha value is -1.97. The minimum atomic E-state index is -1.35. The van der Waals surface area contributed by atoms with Gasteiger partial charge in [-0.05, 0) is 0 Å². The van der Waals surface area contributed by atoms with Gasteiger partial charge in [-0.15, -0.1) is 0 Å². The first-order chi connectivity index (χ1) is 8.52. The number of aliphatic hydroxyl groups is 3. The number of hydrogen-bond acceptors (Lipinski definition) is 8. The molecular formula is C9H13N5O4. The lowest BCUT2D eigenvalue weighted by atomic mass is 10.1. The summed E-state index contributed by atoms with van der Waals surface area (Å²) in [6.45, 7) is -0.509. The fraction of sp³-hybridized carbons (Fsp3) is 0.444. The molecule has 2 unspecified atom stereocenters. The van der Waals surface area contributed by atoms with Crippen molar-refractivity contribution in [1.29, 1.82) is 0 Å². The van der Waals surface area contributed by atoms with Crippen molar-refractivity contribution in [3.05, 3.63) is 10.4 Å². The van der Waals surface area contributed by atoms with Crippen LogP contribution in [-0.2, 0) is 0 Å². The maximum atomic E-state index is 11.6. The number of anilines is 2. The third-order valence-corrected chi connectivity index (χ3v) is 2.50. The summed E-state index contributed by atoms with van der Waals surface area (Å²) in [6.07, 6.45) is -2.71. The molecule has 0 aromatic carbocycles. The number of aromatic nitrogens is 2. The molecule has 98 valence electrons. The first-order valence-electron chi connectivity index (χ1n) is 5.21. The second kappa shape index (κ2) is 4.72. The molecule has 9 heteroatoms. The molecule has 9 nitrogen and oxygen atoms in total. The highest BCUT2D eigenvalue weighted by Gasteiger charge is 2.25. The van der Waals surface area contributed by atoms with Gasteiger partial charge in [0.15, 0.2) is 11.5 Å². The Balaban J connectivity index is 2.39. The van der Waals surface area contributed by atoms with E-state index in [4.69, 9.17) is 10.8 Å². The number of hydrogen-bond donors (Lipinski definition) is 6. The molecule has 0 saturated heterocycles. The van der Waals surface area contributed by atoms with Gasteiger partial charge in [0.05, 0.1) is 18.9 Å². The Kier molecular flexibility index (Phi) is 3.28. The molecule has 0 amide bonds. The van der Waals surface area contributed by atoms with Crippen molar-refractivity contribution in [2.24, 2.45) is 4.99 Å². The molecule has 0 radical (unpaired) electrons. The molecule has 0 saturated carbocycles. The molecule has 2 atom stereocenters. The minimum absolute atomic E-state index is 0.0189. The van der Waals surface area contributed by atoms with E-state index in [1.165, 1.54) is 0 Å². The quantitative estimate of drug-likeness (QED) is 0.350. The number of rotatable bonds is 3. The molecule has 0 aliphatic carbocycles. The van der Waals surface area contributed by atoms with Gasteiger partial charge in [-0.1, -0.05) is 0 Å². The van der Waals surface area contributed by atoms with Crippen molar-refractivity contribution in [1.82, 2.24) is 9.97 Å². The van der Waals surface area contributed by atoms with Crippen LogP contribution in [0.2, 0.25) is 0 Å². The van der Waals surface area contributed by atoms with Gasteiger partial charge >= 0.3 is 0 Å². The van der Waals surface area contributed by atoms with Gasteiger partial charge < -0.3 is 26.4 Å². The first-order valence-corrected chi connectivity index (χ1v) is 5.21. The SMILES string of the molecule is Nc1nc2c(c(=O)[nH]1)N=C(C(O)C(O)CO)CN2. The van der Waals surface area contributed by atoms with Crippen LogP contribution in [0.3, 0.4) is 0 Å². The molecule has 2 heterocycles. The van der Waals surface area contributed by atoms with Crippen LogP contribution in [0.4, 0.5) is 17.5 Å². The summed E-state index contributed by atoms with van der Waals surface area (Å²) < 4.78 is 0. The van der Waals surface area contributed by atoms with Crippen molar-refractivity contribution in [3.8, 4) is 0 Å². The number of aliphatic hydroxyl groups excluding tert-OH is 3. The minimum Gasteiger partial charge on any atom is -0.394 e. The van der Waals surface area contributed by atoms with E-state index >= 15 is 0 Å². The van der Waals surface area contributed by atoms with Crippen LogP contribution in [0.15, 0.2) is 9.79 Å². The predicted octanol–water partition coefficient (Wildman–Crippen LogP) is -2.44. The van der Waals surface area contributed by atoms with Crippen LogP contribution in [0.25, 0.3) is 0 Å². The molecule has 1 aromatic heterocycles. The third kappa shape index (κ3) is 2.18. The van der Waals surface area contributed by atoms with Crippen LogP contribution in [0.1, 0.15) is 0 Å². The van der Waals surface area contributed by atoms with Gasteiger partial charge in [0, 0.05) is 0 Å². The van der Waals surface area contributed by atoms with Crippen LogP contribution in [-0.4, -0.2) is 56.4 Å². The first kappa shape index (κ1) is 12.5. The average Bonchev–Trinajstić information content (AvgIpc) is 2.36. The summed E-state index contributed by atoms with van der Waals surface area (Å²) >= 11 is 0. The van der Waals surface area contributed by atoms with Crippen molar-refractivity contribution in [2.75, 3.05) is 24.2 Å². The Morgan fingerprint density at radius 3 is 2.83 bits per heavy atom. The number of nitrogens with zero attached hydrogens (tertiary/aromatic N) is 2. The maximum absolute atomic E-state index is 11.6. The Bertz CT molecular complexity index is 540. The van der Waals surface area contributed by atoms with Gasteiger partial charge in [0.2, 0.25) is 5.95 Å². The van der Waals surface area contributed by atoms with E-state index in [0.29, 0.717) is 0 Å². The lowest BCUT2D eigenvalue weighted by Gasteiger charge is -2.22.